The second kappa shape index (κ2) is 7.17. The van der Waals surface area contributed by atoms with E-state index < -0.39 is 10.1 Å². The van der Waals surface area contributed by atoms with Crippen molar-refractivity contribution in [2.45, 2.75) is 11.8 Å². The first-order valence-corrected chi connectivity index (χ1v) is 10.8. The molecular formula is C23H16O7S. The molecule has 0 fully saturated rings. The number of benzene rings is 3. The lowest BCUT2D eigenvalue weighted by atomic mass is 10.1. The largest absolute Gasteiger partial charge is 0.454 e. The summed E-state index contributed by atoms with van der Waals surface area (Å²) in [6.45, 7) is 2.02. The van der Waals surface area contributed by atoms with Crippen LogP contribution in [0, 0.1) is 6.92 Å². The van der Waals surface area contributed by atoms with Crippen LogP contribution in [0.15, 0.2) is 71.3 Å². The van der Waals surface area contributed by atoms with Crippen LogP contribution in [-0.4, -0.2) is 21.0 Å². The number of hydrogen-bond acceptors (Lipinski definition) is 7. The summed E-state index contributed by atoms with van der Waals surface area (Å²) in [5.74, 6) is 1.33. The van der Waals surface area contributed by atoms with Gasteiger partial charge in [-0.3, -0.25) is 4.79 Å². The Morgan fingerprint density at radius 2 is 1.68 bits per heavy atom. The molecule has 3 aromatic rings. The number of aryl methyl sites for hydroxylation is 1. The van der Waals surface area contributed by atoms with E-state index in [0.29, 0.717) is 22.6 Å². The average molecular weight is 436 g/mol. The quantitative estimate of drug-likeness (QED) is 0.449. The summed E-state index contributed by atoms with van der Waals surface area (Å²) in [5, 5.41) is 0. The number of fused-ring (bicyclic) bond motifs is 2. The van der Waals surface area contributed by atoms with E-state index in [-0.39, 0.29) is 34.7 Å². The smallest absolute Gasteiger partial charge is 0.339 e. The van der Waals surface area contributed by atoms with Gasteiger partial charge in [0.25, 0.3) is 0 Å². The molecule has 2 heterocycles. The second-order valence-corrected chi connectivity index (χ2v) is 8.61. The molecule has 0 aromatic heterocycles. The van der Waals surface area contributed by atoms with E-state index in [2.05, 4.69) is 0 Å². The number of carbonyl (C=O) groups is 1. The Kier molecular flexibility index (Phi) is 4.44. The molecule has 0 spiro atoms. The lowest BCUT2D eigenvalue weighted by Crippen LogP contribution is -2.09. The molecule has 8 heteroatoms. The van der Waals surface area contributed by atoms with E-state index in [1.807, 2.05) is 6.92 Å². The summed E-state index contributed by atoms with van der Waals surface area (Å²) in [6, 6.07) is 15.9. The van der Waals surface area contributed by atoms with Crippen LogP contribution in [0.3, 0.4) is 0 Å². The normalized spacial score (nSPS) is 15.6. The average Bonchev–Trinajstić information content (AvgIpc) is 3.32. The second-order valence-electron chi connectivity index (χ2n) is 7.06. The number of carbonyl (C=O) groups excluding carboxylic acids is 1. The van der Waals surface area contributed by atoms with Gasteiger partial charge in [0, 0.05) is 6.07 Å². The molecule has 2 aliphatic rings. The minimum absolute atomic E-state index is 0.0407. The zero-order valence-electron chi connectivity index (χ0n) is 16.3. The molecule has 0 bridgehead atoms. The summed E-state index contributed by atoms with van der Waals surface area (Å²) < 4.78 is 46.6. The van der Waals surface area contributed by atoms with Gasteiger partial charge in [-0.1, -0.05) is 23.8 Å². The van der Waals surface area contributed by atoms with Gasteiger partial charge in [-0.2, -0.15) is 8.42 Å². The molecule has 7 nitrogen and oxygen atoms in total. The van der Waals surface area contributed by atoms with Gasteiger partial charge >= 0.3 is 10.1 Å². The monoisotopic (exact) mass is 436 g/mol. The molecule has 0 radical (unpaired) electrons. The summed E-state index contributed by atoms with van der Waals surface area (Å²) in [7, 11) is -4.01. The molecule has 156 valence electrons. The highest BCUT2D eigenvalue weighted by molar-refractivity contribution is 7.87. The number of allylic oxidation sites excluding steroid dienone is 1. The van der Waals surface area contributed by atoms with Gasteiger partial charge < -0.3 is 18.4 Å². The van der Waals surface area contributed by atoms with Crippen LogP contribution >= 0.6 is 0 Å². The SMILES string of the molecule is Cc1ccc(S(=O)(=O)Oc2ccc3c(c2)O/C(=C\c2ccc4c(c2)OCO4)C3=O)cc1. The Hall–Kier alpha value is -3.78. The Labute approximate surface area is 178 Å². The Morgan fingerprint density at radius 3 is 2.48 bits per heavy atom. The van der Waals surface area contributed by atoms with Gasteiger partial charge in [-0.05, 0) is 55.0 Å². The van der Waals surface area contributed by atoms with Crippen molar-refractivity contribution in [1.29, 1.82) is 0 Å². The van der Waals surface area contributed by atoms with Crippen molar-refractivity contribution in [3.8, 4) is 23.0 Å². The summed E-state index contributed by atoms with van der Waals surface area (Å²) in [6.07, 6.45) is 1.59. The van der Waals surface area contributed by atoms with Crippen molar-refractivity contribution >= 4 is 22.0 Å². The summed E-state index contributed by atoms with van der Waals surface area (Å²) in [5.41, 5.74) is 1.97. The summed E-state index contributed by atoms with van der Waals surface area (Å²) in [4.78, 5) is 12.7. The maximum atomic E-state index is 12.7. The minimum atomic E-state index is -4.01. The third-order valence-corrected chi connectivity index (χ3v) is 6.11. The molecule has 2 aliphatic heterocycles. The highest BCUT2D eigenvalue weighted by Gasteiger charge is 2.29. The van der Waals surface area contributed by atoms with Crippen LogP contribution in [-0.2, 0) is 10.1 Å². The van der Waals surface area contributed by atoms with Gasteiger partial charge in [0.2, 0.25) is 12.6 Å². The van der Waals surface area contributed by atoms with Crippen LogP contribution < -0.4 is 18.4 Å². The van der Waals surface area contributed by atoms with Gasteiger partial charge in [0.15, 0.2) is 17.3 Å². The van der Waals surface area contributed by atoms with Gasteiger partial charge in [0.05, 0.1) is 5.56 Å². The first kappa shape index (κ1) is 19.2. The van der Waals surface area contributed by atoms with Crippen molar-refractivity contribution in [2.24, 2.45) is 0 Å². The highest BCUT2D eigenvalue weighted by atomic mass is 32.2. The van der Waals surface area contributed by atoms with Crippen LogP contribution in [0.5, 0.6) is 23.0 Å². The van der Waals surface area contributed by atoms with Crippen LogP contribution in [0.2, 0.25) is 0 Å². The number of ketones is 1. The van der Waals surface area contributed by atoms with Crippen molar-refractivity contribution in [3.05, 3.63) is 83.1 Å². The standard InChI is InChI=1S/C23H16O7S/c1-14-2-6-17(7-3-14)31(25,26)30-16-5-8-18-20(12-16)29-22(23(18)24)11-15-4-9-19-21(10-15)28-13-27-19/h2-12H,13H2,1H3/b22-11-. The van der Waals surface area contributed by atoms with E-state index in [1.54, 1.807) is 36.4 Å². The molecule has 0 saturated heterocycles. The minimum Gasteiger partial charge on any atom is -0.454 e. The van der Waals surface area contributed by atoms with E-state index in [4.69, 9.17) is 18.4 Å². The Morgan fingerprint density at radius 1 is 0.903 bits per heavy atom. The van der Waals surface area contributed by atoms with E-state index >= 15 is 0 Å². The molecule has 0 unspecified atom stereocenters. The fourth-order valence-electron chi connectivity index (χ4n) is 3.25. The van der Waals surface area contributed by atoms with E-state index in [0.717, 1.165) is 5.56 Å². The predicted octanol–water partition coefficient (Wildman–Crippen LogP) is 4.11. The van der Waals surface area contributed by atoms with Crippen LogP contribution in [0.25, 0.3) is 6.08 Å². The Bertz CT molecular complexity index is 1340. The first-order valence-electron chi connectivity index (χ1n) is 9.38. The zero-order chi connectivity index (χ0) is 21.6. The molecule has 3 aromatic carbocycles. The van der Waals surface area contributed by atoms with Crippen LogP contribution in [0.1, 0.15) is 21.5 Å². The lowest BCUT2D eigenvalue weighted by molar-refractivity contribution is 0.101. The number of hydrogen-bond donors (Lipinski definition) is 0. The van der Waals surface area contributed by atoms with E-state index in [1.165, 1.54) is 30.3 Å². The molecule has 0 amide bonds. The molecule has 0 N–H and O–H groups in total. The third kappa shape index (κ3) is 3.62. The number of Topliss-reactive ketones (excluding diaryl/α,β-unsaturated/α-hetero) is 1. The highest BCUT2D eigenvalue weighted by Crippen LogP contribution is 2.37. The van der Waals surface area contributed by atoms with Crippen molar-refractivity contribution < 1.29 is 31.6 Å². The topological polar surface area (TPSA) is 88.1 Å². The molecule has 5 rings (SSSR count). The zero-order valence-corrected chi connectivity index (χ0v) is 17.1. The maximum Gasteiger partial charge on any atom is 0.339 e. The maximum absolute atomic E-state index is 12.7. The van der Waals surface area contributed by atoms with Crippen LogP contribution in [0.4, 0.5) is 0 Å². The van der Waals surface area contributed by atoms with Gasteiger partial charge in [-0.15, -0.1) is 0 Å². The lowest BCUT2D eigenvalue weighted by Gasteiger charge is -2.08. The molecule has 31 heavy (non-hydrogen) atoms. The molecule has 0 saturated carbocycles. The summed E-state index contributed by atoms with van der Waals surface area (Å²) >= 11 is 0. The van der Waals surface area contributed by atoms with Crippen molar-refractivity contribution in [2.75, 3.05) is 6.79 Å². The predicted molar refractivity (Wildman–Crippen MR) is 111 cm³/mol. The van der Waals surface area contributed by atoms with Gasteiger partial charge in [0.1, 0.15) is 16.4 Å². The van der Waals surface area contributed by atoms with Gasteiger partial charge in [-0.25, -0.2) is 0 Å². The molecule has 0 aliphatic carbocycles. The number of ether oxygens (including phenoxy) is 3. The molecule has 0 atom stereocenters. The fraction of sp³-hybridized carbons (Fsp3) is 0.0870. The van der Waals surface area contributed by atoms with Crippen molar-refractivity contribution in [3.63, 3.8) is 0 Å². The van der Waals surface area contributed by atoms with Crippen molar-refractivity contribution in [1.82, 2.24) is 0 Å². The van der Waals surface area contributed by atoms with E-state index in [9.17, 15) is 13.2 Å². The Balaban J connectivity index is 1.39. The first-order chi connectivity index (χ1) is 14.9. The fourth-order valence-corrected chi connectivity index (χ4v) is 4.18. The number of rotatable bonds is 4. The molecular weight excluding hydrogens is 420 g/mol. The third-order valence-electron chi connectivity index (χ3n) is 4.85.